The Balaban J connectivity index is 1.18. The van der Waals surface area contributed by atoms with Crippen molar-refractivity contribution in [3.63, 3.8) is 0 Å². The Bertz CT molecular complexity index is 918. The van der Waals surface area contributed by atoms with Crippen LogP contribution in [0.15, 0.2) is 66.9 Å². The highest BCUT2D eigenvalue weighted by molar-refractivity contribution is 5.21. The van der Waals surface area contributed by atoms with Gasteiger partial charge in [0.15, 0.2) is 0 Å². The summed E-state index contributed by atoms with van der Waals surface area (Å²) >= 11 is 0. The SMILES string of the molecule is c1ccc(CNC2COC3C2OCC3n2cc(COc3ccccc3)nn2)cc1. The molecule has 1 N–H and O–H groups in total. The Labute approximate surface area is 169 Å². The van der Waals surface area contributed by atoms with Gasteiger partial charge in [-0.05, 0) is 17.7 Å². The second kappa shape index (κ2) is 8.32. The zero-order chi connectivity index (χ0) is 19.5. The van der Waals surface area contributed by atoms with E-state index in [2.05, 4.69) is 39.9 Å². The fourth-order valence-electron chi connectivity index (χ4n) is 3.94. The van der Waals surface area contributed by atoms with Crippen LogP contribution in [0.5, 0.6) is 5.75 Å². The lowest BCUT2D eigenvalue weighted by Crippen LogP contribution is -2.40. The number of benzene rings is 2. The molecule has 0 spiro atoms. The van der Waals surface area contributed by atoms with Crippen molar-refractivity contribution in [3.05, 3.63) is 78.1 Å². The average Bonchev–Trinajstić information content (AvgIpc) is 3.49. The molecule has 0 amide bonds. The summed E-state index contributed by atoms with van der Waals surface area (Å²) in [5.41, 5.74) is 2.04. The lowest BCUT2D eigenvalue weighted by molar-refractivity contribution is 0.0619. The third-order valence-corrected chi connectivity index (χ3v) is 5.47. The van der Waals surface area contributed by atoms with Crippen LogP contribution in [0, 0.1) is 0 Å². The smallest absolute Gasteiger partial charge is 0.134 e. The first-order valence-electron chi connectivity index (χ1n) is 9.96. The molecule has 7 nitrogen and oxygen atoms in total. The highest BCUT2D eigenvalue weighted by atomic mass is 16.6. The van der Waals surface area contributed by atoms with Crippen LogP contribution < -0.4 is 10.1 Å². The van der Waals surface area contributed by atoms with Crippen LogP contribution in [-0.2, 0) is 22.6 Å². The number of hydrogen-bond donors (Lipinski definition) is 1. The van der Waals surface area contributed by atoms with E-state index in [1.165, 1.54) is 5.56 Å². The number of rotatable bonds is 7. The Kier molecular flexibility index (Phi) is 5.25. The maximum Gasteiger partial charge on any atom is 0.134 e. The minimum absolute atomic E-state index is 0.0205. The third-order valence-electron chi connectivity index (χ3n) is 5.47. The van der Waals surface area contributed by atoms with Gasteiger partial charge < -0.3 is 19.5 Å². The molecule has 2 aliphatic heterocycles. The molecule has 2 aliphatic rings. The van der Waals surface area contributed by atoms with Crippen molar-refractivity contribution in [2.24, 2.45) is 0 Å². The minimum Gasteiger partial charge on any atom is -0.487 e. The standard InChI is InChI=1S/C22H24N4O3/c1-3-7-16(8-4-1)11-23-19-14-28-22-20(15-29-21(19)22)26-12-17(24-25-26)13-27-18-9-5-2-6-10-18/h1-10,12,19-23H,11,13-15H2. The molecule has 0 bridgehead atoms. The van der Waals surface area contributed by atoms with Gasteiger partial charge in [0.1, 0.15) is 36.3 Å². The first kappa shape index (κ1) is 18.3. The molecule has 2 aromatic carbocycles. The van der Waals surface area contributed by atoms with Crippen LogP contribution in [0.25, 0.3) is 0 Å². The number of aromatic nitrogens is 3. The summed E-state index contributed by atoms with van der Waals surface area (Å²) in [5, 5.41) is 12.1. The van der Waals surface area contributed by atoms with E-state index in [1.807, 2.05) is 47.3 Å². The first-order valence-corrected chi connectivity index (χ1v) is 9.96. The van der Waals surface area contributed by atoms with Crippen molar-refractivity contribution in [1.29, 1.82) is 0 Å². The lowest BCUT2D eigenvalue weighted by atomic mass is 10.1. The maximum absolute atomic E-state index is 6.08. The molecule has 150 valence electrons. The molecule has 1 aromatic heterocycles. The summed E-state index contributed by atoms with van der Waals surface area (Å²) in [6.45, 7) is 2.39. The minimum atomic E-state index is -0.0205. The molecule has 5 rings (SSSR count). The van der Waals surface area contributed by atoms with Crippen molar-refractivity contribution >= 4 is 0 Å². The molecular weight excluding hydrogens is 368 g/mol. The fraction of sp³-hybridized carbons (Fsp3) is 0.364. The second-order valence-electron chi connectivity index (χ2n) is 7.43. The maximum atomic E-state index is 6.08. The highest BCUT2D eigenvalue weighted by Crippen LogP contribution is 2.34. The highest BCUT2D eigenvalue weighted by Gasteiger charge is 2.48. The Hall–Kier alpha value is -2.74. The zero-order valence-electron chi connectivity index (χ0n) is 16.1. The predicted octanol–water partition coefficient (Wildman–Crippen LogP) is 2.35. The van der Waals surface area contributed by atoms with Gasteiger partial charge in [0.05, 0.1) is 25.5 Å². The van der Waals surface area contributed by atoms with E-state index in [-0.39, 0.29) is 24.3 Å². The van der Waals surface area contributed by atoms with E-state index in [0.29, 0.717) is 19.8 Å². The van der Waals surface area contributed by atoms with Crippen molar-refractivity contribution in [2.75, 3.05) is 13.2 Å². The van der Waals surface area contributed by atoms with Gasteiger partial charge >= 0.3 is 0 Å². The lowest BCUT2D eigenvalue weighted by Gasteiger charge is -2.17. The zero-order valence-corrected chi connectivity index (χ0v) is 16.1. The number of hydrogen-bond acceptors (Lipinski definition) is 6. The molecule has 3 aromatic rings. The third kappa shape index (κ3) is 4.03. The van der Waals surface area contributed by atoms with Gasteiger partial charge in [-0.3, -0.25) is 0 Å². The molecule has 0 radical (unpaired) electrons. The van der Waals surface area contributed by atoms with Crippen molar-refractivity contribution in [3.8, 4) is 5.75 Å². The van der Waals surface area contributed by atoms with Crippen molar-refractivity contribution in [2.45, 2.75) is 37.4 Å². The fourth-order valence-corrected chi connectivity index (χ4v) is 3.94. The molecular formula is C22H24N4O3. The summed E-state index contributed by atoms with van der Waals surface area (Å²) in [5.74, 6) is 0.817. The topological polar surface area (TPSA) is 70.4 Å². The quantitative estimate of drug-likeness (QED) is 0.666. The Morgan fingerprint density at radius 1 is 0.966 bits per heavy atom. The number of para-hydroxylation sites is 1. The second-order valence-corrected chi connectivity index (χ2v) is 7.43. The Morgan fingerprint density at radius 3 is 2.55 bits per heavy atom. The van der Waals surface area contributed by atoms with Crippen molar-refractivity contribution < 1.29 is 14.2 Å². The van der Waals surface area contributed by atoms with Gasteiger partial charge in [-0.25, -0.2) is 4.68 Å². The summed E-state index contributed by atoms with van der Waals surface area (Å²) < 4.78 is 19.8. The predicted molar refractivity (Wildman–Crippen MR) is 106 cm³/mol. The van der Waals surface area contributed by atoms with E-state index in [9.17, 15) is 0 Å². The molecule has 4 unspecified atom stereocenters. The molecule has 0 aliphatic carbocycles. The van der Waals surface area contributed by atoms with Gasteiger partial charge in [0.2, 0.25) is 0 Å². The number of ether oxygens (including phenoxy) is 3. The van der Waals surface area contributed by atoms with E-state index >= 15 is 0 Å². The molecule has 2 fully saturated rings. The molecule has 2 saturated heterocycles. The van der Waals surface area contributed by atoms with Crippen molar-refractivity contribution in [1.82, 2.24) is 20.3 Å². The number of nitrogens with zero attached hydrogens (tertiary/aromatic N) is 3. The van der Waals surface area contributed by atoms with Gasteiger partial charge in [-0.15, -0.1) is 5.10 Å². The number of fused-ring (bicyclic) bond motifs is 1. The molecule has 3 heterocycles. The summed E-state index contributed by atoms with van der Waals surface area (Å²) in [4.78, 5) is 0. The first-order chi connectivity index (χ1) is 14.4. The molecule has 7 heteroatoms. The van der Waals surface area contributed by atoms with E-state index in [1.54, 1.807) is 0 Å². The van der Waals surface area contributed by atoms with Crippen LogP contribution in [0.4, 0.5) is 0 Å². The van der Waals surface area contributed by atoms with Gasteiger partial charge in [-0.2, -0.15) is 0 Å². The van der Waals surface area contributed by atoms with Gasteiger partial charge in [0.25, 0.3) is 0 Å². The largest absolute Gasteiger partial charge is 0.487 e. The Morgan fingerprint density at radius 2 is 1.72 bits per heavy atom. The van der Waals surface area contributed by atoms with Crippen LogP contribution >= 0.6 is 0 Å². The molecule has 0 saturated carbocycles. The molecule has 4 atom stereocenters. The van der Waals surface area contributed by atoms with Crippen LogP contribution in [0.3, 0.4) is 0 Å². The van der Waals surface area contributed by atoms with E-state index < -0.39 is 0 Å². The molecule has 29 heavy (non-hydrogen) atoms. The normalized spacial score (nSPS) is 25.8. The average molecular weight is 392 g/mol. The van der Waals surface area contributed by atoms with Gasteiger partial charge in [-0.1, -0.05) is 53.7 Å². The van der Waals surface area contributed by atoms with Crippen LogP contribution in [-0.4, -0.2) is 46.5 Å². The monoisotopic (exact) mass is 392 g/mol. The van der Waals surface area contributed by atoms with Gasteiger partial charge in [0, 0.05) is 6.54 Å². The van der Waals surface area contributed by atoms with Crippen LogP contribution in [0.1, 0.15) is 17.3 Å². The van der Waals surface area contributed by atoms with Crippen LogP contribution in [0.2, 0.25) is 0 Å². The summed E-state index contributed by atoms with van der Waals surface area (Å²) in [6, 6.07) is 20.3. The number of nitrogens with one attached hydrogen (secondary N) is 1. The summed E-state index contributed by atoms with van der Waals surface area (Å²) in [7, 11) is 0. The summed E-state index contributed by atoms with van der Waals surface area (Å²) in [6.07, 6.45) is 1.93. The van der Waals surface area contributed by atoms with E-state index in [4.69, 9.17) is 14.2 Å². The van der Waals surface area contributed by atoms with E-state index in [0.717, 1.165) is 18.0 Å².